The highest BCUT2D eigenvalue weighted by Gasteiger charge is 2.16. The van der Waals surface area contributed by atoms with Crippen molar-refractivity contribution >= 4 is 21.7 Å². The molecule has 0 unspecified atom stereocenters. The van der Waals surface area contributed by atoms with Crippen molar-refractivity contribution in [2.24, 2.45) is 5.92 Å². The average molecular weight is 289 g/mol. The molecule has 4 heteroatoms. The molecule has 0 aliphatic rings. The maximum absolute atomic E-state index is 13.7. The number of hydrogen-bond donors (Lipinski definition) is 0. The van der Waals surface area contributed by atoms with Crippen LogP contribution in [0, 0.1) is 11.7 Å². The predicted molar refractivity (Wildman–Crippen MR) is 64.4 cm³/mol. The van der Waals surface area contributed by atoms with Gasteiger partial charge in [-0.15, -0.1) is 0 Å². The molecule has 1 aromatic rings. The summed E-state index contributed by atoms with van der Waals surface area (Å²) in [6, 6.07) is 3.07. The van der Waals surface area contributed by atoms with Gasteiger partial charge in [0.1, 0.15) is 0 Å². The highest BCUT2D eigenvalue weighted by molar-refractivity contribution is 9.10. The van der Waals surface area contributed by atoms with Gasteiger partial charge in [0.05, 0.1) is 16.6 Å². The molecule has 0 radical (unpaired) electrons. The summed E-state index contributed by atoms with van der Waals surface area (Å²) in [5.41, 5.74) is 0.279. The second kappa shape index (κ2) is 5.43. The summed E-state index contributed by atoms with van der Waals surface area (Å²) in [4.78, 5) is 11.3. The first-order valence-electron chi connectivity index (χ1n) is 5.05. The fraction of sp³-hybridized carbons (Fsp3) is 0.417. The minimum Gasteiger partial charge on any atom is -0.489 e. The van der Waals surface area contributed by atoms with E-state index in [9.17, 15) is 9.18 Å². The van der Waals surface area contributed by atoms with Crippen LogP contribution in [0.2, 0.25) is 0 Å². The molecular formula is C12H14BrFO2. The van der Waals surface area contributed by atoms with Crippen LogP contribution in [0.5, 0.6) is 5.75 Å². The van der Waals surface area contributed by atoms with E-state index in [1.165, 1.54) is 13.0 Å². The van der Waals surface area contributed by atoms with Gasteiger partial charge in [-0.2, -0.15) is 0 Å². The van der Waals surface area contributed by atoms with Crippen LogP contribution in [0.4, 0.5) is 4.39 Å². The van der Waals surface area contributed by atoms with E-state index in [0.717, 1.165) is 0 Å². The number of ether oxygens (including phenoxy) is 1. The van der Waals surface area contributed by atoms with Crippen LogP contribution in [-0.2, 0) is 0 Å². The van der Waals surface area contributed by atoms with Crippen LogP contribution in [0.15, 0.2) is 16.6 Å². The molecule has 0 bridgehead atoms. The predicted octanol–water partition coefficient (Wildman–Crippen LogP) is 3.83. The quantitative estimate of drug-likeness (QED) is 0.787. The number of rotatable bonds is 4. The Balaban J connectivity index is 3.11. The Bertz CT molecular complexity index is 402. The van der Waals surface area contributed by atoms with Gasteiger partial charge >= 0.3 is 0 Å². The van der Waals surface area contributed by atoms with Gasteiger partial charge in [0.15, 0.2) is 17.3 Å². The highest BCUT2D eigenvalue weighted by Crippen LogP contribution is 2.29. The molecule has 0 amide bonds. The van der Waals surface area contributed by atoms with E-state index in [1.807, 2.05) is 13.8 Å². The third kappa shape index (κ3) is 3.04. The molecule has 0 aromatic heterocycles. The standard InChI is InChI=1S/C12H14BrFO2/c1-7(2)6-16-12-9(8(3)15)4-5-10(13)11(12)14/h4-5,7H,6H2,1-3H3. The first-order valence-corrected chi connectivity index (χ1v) is 5.84. The molecule has 0 N–H and O–H groups in total. The maximum Gasteiger partial charge on any atom is 0.179 e. The van der Waals surface area contributed by atoms with Gasteiger partial charge in [-0.1, -0.05) is 13.8 Å². The van der Waals surface area contributed by atoms with Gasteiger partial charge in [-0.05, 0) is 40.9 Å². The van der Waals surface area contributed by atoms with E-state index in [0.29, 0.717) is 11.1 Å². The lowest BCUT2D eigenvalue weighted by molar-refractivity contribution is 0.101. The Morgan fingerprint density at radius 2 is 2.12 bits per heavy atom. The lowest BCUT2D eigenvalue weighted by Gasteiger charge is -2.13. The molecular weight excluding hydrogens is 275 g/mol. The molecule has 0 fully saturated rings. The van der Waals surface area contributed by atoms with Crippen molar-refractivity contribution in [1.29, 1.82) is 0 Å². The SMILES string of the molecule is CC(=O)c1ccc(Br)c(F)c1OCC(C)C. The van der Waals surface area contributed by atoms with Crippen molar-refractivity contribution in [3.63, 3.8) is 0 Å². The molecule has 0 heterocycles. The van der Waals surface area contributed by atoms with Crippen LogP contribution >= 0.6 is 15.9 Å². The topological polar surface area (TPSA) is 26.3 Å². The number of ketones is 1. The van der Waals surface area contributed by atoms with E-state index in [2.05, 4.69) is 15.9 Å². The number of benzene rings is 1. The van der Waals surface area contributed by atoms with Gasteiger partial charge in [0.2, 0.25) is 0 Å². The molecule has 0 saturated heterocycles. The van der Waals surface area contributed by atoms with Gasteiger partial charge in [0.25, 0.3) is 0 Å². The van der Waals surface area contributed by atoms with Crippen molar-refractivity contribution < 1.29 is 13.9 Å². The summed E-state index contributed by atoms with van der Waals surface area (Å²) < 4.78 is 19.4. The van der Waals surface area contributed by atoms with Crippen molar-refractivity contribution in [3.8, 4) is 5.75 Å². The lowest BCUT2D eigenvalue weighted by Crippen LogP contribution is -2.09. The average Bonchev–Trinajstić information content (AvgIpc) is 2.19. The molecule has 0 spiro atoms. The molecule has 0 atom stereocenters. The summed E-state index contributed by atoms with van der Waals surface area (Å²) in [5.74, 6) is -0.410. The Hall–Kier alpha value is -0.900. The third-order valence-electron chi connectivity index (χ3n) is 1.99. The molecule has 2 nitrogen and oxygen atoms in total. The second-order valence-electron chi connectivity index (χ2n) is 4.00. The van der Waals surface area contributed by atoms with Gasteiger partial charge in [-0.3, -0.25) is 4.79 Å². The molecule has 16 heavy (non-hydrogen) atoms. The van der Waals surface area contributed by atoms with Crippen molar-refractivity contribution in [2.45, 2.75) is 20.8 Å². The lowest BCUT2D eigenvalue weighted by atomic mass is 10.1. The van der Waals surface area contributed by atoms with Crippen LogP contribution < -0.4 is 4.74 Å². The molecule has 1 rings (SSSR count). The van der Waals surface area contributed by atoms with E-state index >= 15 is 0 Å². The van der Waals surface area contributed by atoms with Gasteiger partial charge in [-0.25, -0.2) is 4.39 Å². The van der Waals surface area contributed by atoms with Gasteiger partial charge in [0, 0.05) is 0 Å². The van der Waals surface area contributed by atoms with Gasteiger partial charge < -0.3 is 4.74 Å². The van der Waals surface area contributed by atoms with Crippen LogP contribution in [0.1, 0.15) is 31.1 Å². The van der Waals surface area contributed by atoms with E-state index in [1.54, 1.807) is 6.07 Å². The summed E-state index contributed by atoms with van der Waals surface area (Å²) in [6.45, 7) is 5.70. The van der Waals surface area contributed by atoms with Crippen molar-refractivity contribution in [3.05, 3.63) is 28.0 Å². The van der Waals surface area contributed by atoms with E-state index < -0.39 is 5.82 Å². The minimum atomic E-state index is -0.520. The smallest absolute Gasteiger partial charge is 0.179 e. The Morgan fingerprint density at radius 3 is 2.62 bits per heavy atom. The number of halogens is 2. The molecule has 0 saturated carbocycles. The summed E-state index contributed by atoms with van der Waals surface area (Å²) >= 11 is 3.07. The van der Waals surface area contributed by atoms with Crippen molar-refractivity contribution in [2.75, 3.05) is 6.61 Å². The van der Waals surface area contributed by atoms with Crippen LogP contribution in [0.3, 0.4) is 0 Å². The molecule has 0 aliphatic heterocycles. The number of hydrogen-bond acceptors (Lipinski definition) is 2. The Kier molecular flexibility index (Phi) is 4.47. The van der Waals surface area contributed by atoms with Crippen LogP contribution in [-0.4, -0.2) is 12.4 Å². The molecule has 88 valence electrons. The second-order valence-corrected chi connectivity index (χ2v) is 4.85. The fourth-order valence-electron chi connectivity index (χ4n) is 1.20. The third-order valence-corrected chi connectivity index (χ3v) is 2.60. The number of Topliss-reactive ketones (excluding diaryl/α,β-unsaturated/α-hetero) is 1. The Morgan fingerprint density at radius 1 is 1.50 bits per heavy atom. The zero-order valence-corrected chi connectivity index (χ0v) is 11.1. The highest BCUT2D eigenvalue weighted by atomic mass is 79.9. The normalized spacial score (nSPS) is 10.6. The first kappa shape index (κ1) is 13.2. The maximum atomic E-state index is 13.7. The Labute approximate surface area is 103 Å². The van der Waals surface area contributed by atoms with E-state index in [4.69, 9.17) is 4.74 Å². The molecule has 1 aromatic carbocycles. The van der Waals surface area contributed by atoms with Crippen LogP contribution in [0.25, 0.3) is 0 Å². The largest absolute Gasteiger partial charge is 0.489 e. The number of carbonyl (C=O) groups excluding carboxylic acids is 1. The zero-order chi connectivity index (χ0) is 12.3. The zero-order valence-electron chi connectivity index (χ0n) is 9.51. The fourth-order valence-corrected chi connectivity index (χ4v) is 1.51. The van der Waals surface area contributed by atoms with Crippen molar-refractivity contribution in [1.82, 2.24) is 0 Å². The summed E-state index contributed by atoms with van der Waals surface area (Å²) in [7, 11) is 0. The van der Waals surface area contributed by atoms with E-state index in [-0.39, 0.29) is 23.0 Å². The molecule has 0 aliphatic carbocycles. The monoisotopic (exact) mass is 288 g/mol. The summed E-state index contributed by atoms with van der Waals surface area (Å²) in [6.07, 6.45) is 0. The number of carbonyl (C=O) groups is 1. The summed E-state index contributed by atoms with van der Waals surface area (Å²) in [5, 5.41) is 0. The first-order chi connectivity index (χ1) is 7.43. The minimum absolute atomic E-state index is 0.0376.